The highest BCUT2D eigenvalue weighted by Gasteiger charge is 2.06. The SMILES string of the molecule is CCC(N)CC(=O)NCCOCC(=O)O. The van der Waals surface area contributed by atoms with Crippen LogP contribution in [-0.4, -0.2) is 42.8 Å². The molecule has 0 heterocycles. The number of amides is 1. The highest BCUT2D eigenvalue weighted by molar-refractivity contribution is 5.76. The van der Waals surface area contributed by atoms with Crippen LogP contribution in [0.3, 0.4) is 0 Å². The Morgan fingerprint density at radius 2 is 2.20 bits per heavy atom. The molecule has 4 N–H and O–H groups in total. The molecule has 0 aliphatic heterocycles. The van der Waals surface area contributed by atoms with Gasteiger partial charge in [0.05, 0.1) is 6.61 Å². The first kappa shape index (κ1) is 13.9. The summed E-state index contributed by atoms with van der Waals surface area (Å²) in [5.41, 5.74) is 5.57. The summed E-state index contributed by atoms with van der Waals surface area (Å²) >= 11 is 0. The number of hydrogen-bond donors (Lipinski definition) is 3. The van der Waals surface area contributed by atoms with Crippen molar-refractivity contribution in [2.45, 2.75) is 25.8 Å². The number of carboxylic acid groups (broad SMARTS) is 1. The highest BCUT2D eigenvalue weighted by Crippen LogP contribution is 1.92. The van der Waals surface area contributed by atoms with Crippen LogP contribution in [0.2, 0.25) is 0 Å². The molecule has 0 bridgehead atoms. The summed E-state index contributed by atoms with van der Waals surface area (Å²) in [6, 6.07) is -0.120. The Bertz CT molecular complexity index is 208. The van der Waals surface area contributed by atoms with Crippen LogP contribution in [0, 0.1) is 0 Å². The van der Waals surface area contributed by atoms with E-state index in [1.165, 1.54) is 0 Å². The van der Waals surface area contributed by atoms with Gasteiger partial charge in [-0.25, -0.2) is 4.79 Å². The minimum atomic E-state index is -1.02. The first-order valence-electron chi connectivity index (χ1n) is 4.88. The van der Waals surface area contributed by atoms with Crippen molar-refractivity contribution in [1.82, 2.24) is 5.32 Å². The fraction of sp³-hybridized carbons (Fsp3) is 0.778. The number of aliphatic carboxylic acids is 1. The van der Waals surface area contributed by atoms with Gasteiger partial charge in [0.2, 0.25) is 5.91 Å². The molecule has 1 unspecified atom stereocenters. The maximum atomic E-state index is 11.1. The Balaban J connectivity index is 3.35. The van der Waals surface area contributed by atoms with Crippen molar-refractivity contribution in [2.24, 2.45) is 5.73 Å². The van der Waals surface area contributed by atoms with Crippen molar-refractivity contribution >= 4 is 11.9 Å². The summed E-state index contributed by atoms with van der Waals surface area (Å²) in [5, 5.41) is 10.8. The molecule has 6 nitrogen and oxygen atoms in total. The molecule has 0 aliphatic rings. The fourth-order valence-corrected chi connectivity index (χ4v) is 0.877. The molecule has 6 heteroatoms. The highest BCUT2D eigenvalue weighted by atomic mass is 16.5. The van der Waals surface area contributed by atoms with E-state index in [2.05, 4.69) is 5.32 Å². The number of hydrogen-bond acceptors (Lipinski definition) is 4. The van der Waals surface area contributed by atoms with Crippen LogP contribution in [0.5, 0.6) is 0 Å². The lowest BCUT2D eigenvalue weighted by Gasteiger charge is -2.09. The fourth-order valence-electron chi connectivity index (χ4n) is 0.877. The third-order valence-corrected chi connectivity index (χ3v) is 1.77. The Kier molecular flexibility index (Phi) is 7.57. The van der Waals surface area contributed by atoms with Crippen molar-refractivity contribution in [3.63, 3.8) is 0 Å². The normalized spacial score (nSPS) is 12.1. The Morgan fingerprint density at radius 1 is 1.53 bits per heavy atom. The van der Waals surface area contributed by atoms with E-state index < -0.39 is 5.97 Å². The van der Waals surface area contributed by atoms with Crippen molar-refractivity contribution in [2.75, 3.05) is 19.8 Å². The van der Waals surface area contributed by atoms with Crippen molar-refractivity contribution in [3.05, 3.63) is 0 Å². The van der Waals surface area contributed by atoms with Gasteiger partial charge >= 0.3 is 5.97 Å². The van der Waals surface area contributed by atoms with E-state index in [0.717, 1.165) is 6.42 Å². The van der Waals surface area contributed by atoms with E-state index in [9.17, 15) is 9.59 Å². The van der Waals surface area contributed by atoms with Crippen LogP contribution in [0.15, 0.2) is 0 Å². The van der Waals surface area contributed by atoms with Crippen LogP contribution in [0.4, 0.5) is 0 Å². The maximum absolute atomic E-state index is 11.1. The van der Waals surface area contributed by atoms with Gasteiger partial charge < -0.3 is 20.9 Å². The number of carbonyl (C=O) groups is 2. The second-order valence-electron chi connectivity index (χ2n) is 3.17. The summed E-state index contributed by atoms with van der Waals surface area (Å²) in [7, 11) is 0. The van der Waals surface area contributed by atoms with E-state index in [0.29, 0.717) is 6.54 Å². The molecule has 0 aromatic carbocycles. The van der Waals surface area contributed by atoms with Gasteiger partial charge in [-0.3, -0.25) is 4.79 Å². The van der Waals surface area contributed by atoms with Crippen molar-refractivity contribution in [1.29, 1.82) is 0 Å². The molecule has 0 spiro atoms. The van der Waals surface area contributed by atoms with Gasteiger partial charge in [0.25, 0.3) is 0 Å². The molecular weight excluding hydrogens is 200 g/mol. The van der Waals surface area contributed by atoms with Gasteiger partial charge in [0.15, 0.2) is 0 Å². The molecule has 0 radical (unpaired) electrons. The van der Waals surface area contributed by atoms with E-state index >= 15 is 0 Å². The lowest BCUT2D eigenvalue weighted by Crippen LogP contribution is -2.33. The van der Waals surface area contributed by atoms with E-state index in [-0.39, 0.29) is 31.6 Å². The smallest absolute Gasteiger partial charge is 0.329 e. The molecule has 0 aromatic rings. The first-order valence-corrected chi connectivity index (χ1v) is 4.88. The predicted octanol–water partition coefficient (Wildman–Crippen LogP) is -0.669. The van der Waals surface area contributed by atoms with Crippen molar-refractivity contribution < 1.29 is 19.4 Å². The Morgan fingerprint density at radius 3 is 2.73 bits per heavy atom. The van der Waals surface area contributed by atoms with E-state index in [1.54, 1.807) is 0 Å². The van der Waals surface area contributed by atoms with E-state index in [4.69, 9.17) is 15.6 Å². The largest absolute Gasteiger partial charge is 0.480 e. The molecule has 88 valence electrons. The maximum Gasteiger partial charge on any atom is 0.329 e. The summed E-state index contributed by atoms with van der Waals surface area (Å²) in [6.45, 7) is 2.07. The molecule has 1 amide bonds. The van der Waals surface area contributed by atoms with Gasteiger partial charge in [0.1, 0.15) is 6.61 Å². The van der Waals surface area contributed by atoms with Crippen LogP contribution in [0.25, 0.3) is 0 Å². The average molecular weight is 218 g/mol. The van der Waals surface area contributed by atoms with Gasteiger partial charge in [-0.1, -0.05) is 6.92 Å². The minimum absolute atomic E-state index is 0.120. The summed E-state index contributed by atoms with van der Waals surface area (Å²) in [6.07, 6.45) is 1.04. The third-order valence-electron chi connectivity index (χ3n) is 1.77. The molecule has 0 rings (SSSR count). The van der Waals surface area contributed by atoms with Crippen LogP contribution >= 0.6 is 0 Å². The lowest BCUT2D eigenvalue weighted by atomic mass is 10.1. The Labute approximate surface area is 88.8 Å². The monoisotopic (exact) mass is 218 g/mol. The van der Waals surface area contributed by atoms with Gasteiger partial charge in [0, 0.05) is 19.0 Å². The predicted molar refractivity (Wildman–Crippen MR) is 54.3 cm³/mol. The summed E-state index contributed by atoms with van der Waals surface area (Å²) in [5.74, 6) is -1.15. The number of carbonyl (C=O) groups excluding carboxylic acids is 1. The number of ether oxygens (including phenoxy) is 1. The molecule has 0 fully saturated rings. The van der Waals surface area contributed by atoms with Crippen LogP contribution in [-0.2, 0) is 14.3 Å². The number of nitrogens with one attached hydrogen (secondary N) is 1. The summed E-state index contributed by atoms with van der Waals surface area (Å²) < 4.78 is 4.73. The lowest BCUT2D eigenvalue weighted by molar-refractivity contribution is -0.142. The Hall–Kier alpha value is -1.14. The zero-order valence-corrected chi connectivity index (χ0v) is 8.86. The number of rotatable bonds is 8. The van der Waals surface area contributed by atoms with Crippen LogP contribution in [0.1, 0.15) is 19.8 Å². The van der Waals surface area contributed by atoms with Gasteiger partial charge in [-0.15, -0.1) is 0 Å². The molecule has 1 atom stereocenters. The second-order valence-corrected chi connectivity index (χ2v) is 3.17. The topological polar surface area (TPSA) is 102 Å². The number of nitrogens with two attached hydrogens (primary N) is 1. The second kappa shape index (κ2) is 8.19. The van der Waals surface area contributed by atoms with Gasteiger partial charge in [-0.05, 0) is 6.42 Å². The zero-order valence-electron chi connectivity index (χ0n) is 8.86. The standard InChI is InChI=1S/C9H18N2O4/c1-2-7(10)5-8(12)11-3-4-15-6-9(13)14/h7H,2-6,10H2,1H3,(H,11,12)(H,13,14). The molecule has 0 saturated carbocycles. The molecular formula is C9H18N2O4. The van der Waals surface area contributed by atoms with Crippen molar-refractivity contribution in [3.8, 4) is 0 Å². The summed E-state index contributed by atoms with van der Waals surface area (Å²) in [4.78, 5) is 21.2. The minimum Gasteiger partial charge on any atom is -0.480 e. The molecule has 0 aliphatic carbocycles. The average Bonchev–Trinajstić information content (AvgIpc) is 2.16. The quantitative estimate of drug-likeness (QED) is 0.469. The molecule has 0 saturated heterocycles. The first-order chi connectivity index (χ1) is 7.06. The molecule has 0 aromatic heterocycles. The third kappa shape index (κ3) is 9.17. The van der Waals surface area contributed by atoms with E-state index in [1.807, 2.05) is 6.92 Å². The molecule has 15 heavy (non-hydrogen) atoms. The van der Waals surface area contributed by atoms with Crippen LogP contribution < -0.4 is 11.1 Å². The van der Waals surface area contributed by atoms with Gasteiger partial charge in [-0.2, -0.15) is 0 Å². The zero-order chi connectivity index (χ0) is 11.7. The number of carboxylic acids is 1.